The molecule has 3 nitrogen and oxygen atoms in total. The molecule has 0 saturated carbocycles. The van der Waals surface area contributed by atoms with E-state index < -0.39 is 0 Å². The van der Waals surface area contributed by atoms with Crippen LogP contribution in [0.4, 0.5) is 0 Å². The second kappa shape index (κ2) is 2.25. The van der Waals surface area contributed by atoms with Gasteiger partial charge in [-0.25, -0.2) is 0 Å². The third-order valence-electron chi connectivity index (χ3n) is 1.74. The molecule has 1 N–H and O–H groups in total. The molecule has 3 heteroatoms. The van der Waals surface area contributed by atoms with E-state index in [-0.39, 0.29) is 0 Å². The maximum absolute atomic E-state index is 5.53. The van der Waals surface area contributed by atoms with Crippen LogP contribution in [-0.4, -0.2) is 38.5 Å². The highest BCUT2D eigenvalue weighted by Gasteiger charge is 2.26. The molecular weight excluding hydrogens is 118 g/mol. The molecule has 2 aliphatic heterocycles. The van der Waals surface area contributed by atoms with Gasteiger partial charge < -0.3 is 14.8 Å². The van der Waals surface area contributed by atoms with Crippen LogP contribution in [0, 0.1) is 0 Å². The van der Waals surface area contributed by atoms with Crippen molar-refractivity contribution in [3.05, 3.63) is 0 Å². The zero-order valence-corrected chi connectivity index (χ0v) is 5.30. The molecule has 9 heavy (non-hydrogen) atoms. The minimum atomic E-state index is 0.317. The third-order valence-corrected chi connectivity index (χ3v) is 1.74. The Hall–Kier alpha value is -0.120. The predicted molar refractivity (Wildman–Crippen MR) is 32.3 cm³/mol. The molecule has 0 aromatic rings. The van der Waals surface area contributed by atoms with Gasteiger partial charge in [0.2, 0.25) is 0 Å². The van der Waals surface area contributed by atoms with Gasteiger partial charge in [0.15, 0.2) is 0 Å². The van der Waals surface area contributed by atoms with Crippen LogP contribution in [0.2, 0.25) is 0 Å². The number of nitrogens with one attached hydrogen (secondary N) is 1. The van der Waals surface area contributed by atoms with E-state index in [0.717, 1.165) is 26.3 Å². The van der Waals surface area contributed by atoms with E-state index in [9.17, 15) is 0 Å². The van der Waals surface area contributed by atoms with Crippen molar-refractivity contribution < 1.29 is 9.47 Å². The minimum Gasteiger partial charge on any atom is -0.376 e. The van der Waals surface area contributed by atoms with Gasteiger partial charge in [0, 0.05) is 13.1 Å². The number of hydrogen-bond donors (Lipinski definition) is 1. The van der Waals surface area contributed by atoms with Gasteiger partial charge in [0.05, 0.1) is 25.4 Å². The van der Waals surface area contributed by atoms with Gasteiger partial charge in [-0.3, -0.25) is 0 Å². The van der Waals surface area contributed by atoms with Gasteiger partial charge in [-0.1, -0.05) is 0 Å². The van der Waals surface area contributed by atoms with Crippen LogP contribution in [0.3, 0.4) is 0 Å². The number of hydrogen-bond acceptors (Lipinski definition) is 3. The lowest BCUT2D eigenvalue weighted by Gasteiger charge is -2.35. The van der Waals surface area contributed by atoms with Crippen LogP contribution in [0.5, 0.6) is 0 Å². The van der Waals surface area contributed by atoms with Gasteiger partial charge in [0.1, 0.15) is 0 Å². The van der Waals surface area contributed by atoms with Gasteiger partial charge in [0.25, 0.3) is 0 Å². The molecule has 2 bridgehead atoms. The van der Waals surface area contributed by atoms with Gasteiger partial charge >= 0.3 is 0 Å². The summed E-state index contributed by atoms with van der Waals surface area (Å²) in [5.41, 5.74) is 0. The van der Waals surface area contributed by atoms with Crippen LogP contribution in [0.25, 0.3) is 0 Å². The molecule has 2 rings (SSSR count). The standard InChI is InChI=1S/C6H11NO2/c1-5-3-8-4-6(9-5)2-7-1/h5-7H,1-4H2/t5-,6-/m0/s1. The summed E-state index contributed by atoms with van der Waals surface area (Å²) in [5.74, 6) is 0. The number of ether oxygens (including phenoxy) is 2. The van der Waals surface area contributed by atoms with E-state index in [1.165, 1.54) is 0 Å². The molecule has 2 saturated heterocycles. The lowest BCUT2D eigenvalue weighted by molar-refractivity contribution is -0.151. The highest BCUT2D eigenvalue weighted by Crippen LogP contribution is 2.09. The van der Waals surface area contributed by atoms with E-state index in [4.69, 9.17) is 9.47 Å². The first-order chi connectivity index (χ1) is 4.45. The fraction of sp³-hybridized carbons (Fsp3) is 1.00. The largest absolute Gasteiger partial charge is 0.376 e. The van der Waals surface area contributed by atoms with E-state index >= 15 is 0 Å². The van der Waals surface area contributed by atoms with Crippen molar-refractivity contribution in [3.63, 3.8) is 0 Å². The van der Waals surface area contributed by atoms with Gasteiger partial charge in [-0.05, 0) is 0 Å². The van der Waals surface area contributed by atoms with Crippen molar-refractivity contribution in [2.75, 3.05) is 26.3 Å². The summed E-state index contributed by atoms with van der Waals surface area (Å²) in [6.07, 6.45) is 0.634. The molecule has 0 radical (unpaired) electrons. The Morgan fingerprint density at radius 1 is 1.11 bits per heavy atom. The Bertz CT molecular complexity index is 87.2. The summed E-state index contributed by atoms with van der Waals surface area (Å²) < 4.78 is 10.8. The first-order valence-corrected chi connectivity index (χ1v) is 3.39. The van der Waals surface area contributed by atoms with Crippen LogP contribution in [0.1, 0.15) is 0 Å². The molecule has 52 valence electrons. The highest BCUT2D eigenvalue weighted by molar-refractivity contribution is 4.77. The summed E-state index contributed by atoms with van der Waals surface area (Å²) >= 11 is 0. The monoisotopic (exact) mass is 129 g/mol. The first-order valence-electron chi connectivity index (χ1n) is 3.39. The molecule has 2 fully saturated rings. The number of fused-ring (bicyclic) bond motifs is 2. The van der Waals surface area contributed by atoms with Crippen molar-refractivity contribution in [3.8, 4) is 0 Å². The third kappa shape index (κ3) is 1.08. The number of rotatable bonds is 0. The van der Waals surface area contributed by atoms with Crippen LogP contribution >= 0.6 is 0 Å². The molecule has 0 aromatic carbocycles. The Kier molecular flexibility index (Phi) is 1.41. The zero-order valence-electron chi connectivity index (χ0n) is 5.30. The molecule has 0 aliphatic carbocycles. The van der Waals surface area contributed by atoms with E-state index in [1.54, 1.807) is 0 Å². The number of morpholine rings is 1. The van der Waals surface area contributed by atoms with Crippen LogP contribution in [-0.2, 0) is 9.47 Å². The fourth-order valence-electron chi connectivity index (χ4n) is 1.30. The van der Waals surface area contributed by atoms with Crippen molar-refractivity contribution in [1.82, 2.24) is 5.32 Å². The highest BCUT2D eigenvalue weighted by atomic mass is 16.6. The Morgan fingerprint density at radius 2 is 1.78 bits per heavy atom. The summed E-state index contributed by atoms with van der Waals surface area (Å²) in [6.45, 7) is 3.44. The topological polar surface area (TPSA) is 30.5 Å². The normalized spacial score (nSPS) is 42.7. The molecule has 2 atom stereocenters. The van der Waals surface area contributed by atoms with Gasteiger partial charge in [-0.15, -0.1) is 0 Å². The summed E-state index contributed by atoms with van der Waals surface area (Å²) in [7, 11) is 0. The van der Waals surface area contributed by atoms with Crippen molar-refractivity contribution in [2.45, 2.75) is 12.2 Å². The Morgan fingerprint density at radius 3 is 2.33 bits per heavy atom. The second-order valence-corrected chi connectivity index (χ2v) is 2.58. The van der Waals surface area contributed by atoms with E-state index in [2.05, 4.69) is 5.32 Å². The van der Waals surface area contributed by atoms with Crippen molar-refractivity contribution in [1.29, 1.82) is 0 Å². The lowest BCUT2D eigenvalue weighted by Crippen LogP contribution is -2.52. The molecule has 2 heterocycles. The molecule has 0 aromatic heterocycles. The van der Waals surface area contributed by atoms with Crippen molar-refractivity contribution in [2.24, 2.45) is 0 Å². The molecule has 2 aliphatic rings. The summed E-state index contributed by atoms with van der Waals surface area (Å²) in [5, 5.41) is 3.28. The Labute approximate surface area is 54.3 Å². The molecule has 0 spiro atoms. The molecular formula is C6H11NO2. The van der Waals surface area contributed by atoms with E-state index in [0.29, 0.717) is 12.2 Å². The average Bonchev–Trinajstić information content (AvgIpc) is 1.88. The first kappa shape index (κ1) is 5.65. The smallest absolute Gasteiger partial charge is 0.0938 e. The summed E-state index contributed by atoms with van der Waals surface area (Å²) in [4.78, 5) is 0. The van der Waals surface area contributed by atoms with Crippen LogP contribution < -0.4 is 5.32 Å². The second-order valence-electron chi connectivity index (χ2n) is 2.58. The quantitative estimate of drug-likeness (QED) is 0.472. The van der Waals surface area contributed by atoms with Gasteiger partial charge in [-0.2, -0.15) is 0 Å². The maximum Gasteiger partial charge on any atom is 0.0938 e. The Balaban J connectivity index is 1.96. The average molecular weight is 129 g/mol. The SMILES string of the molecule is C1NC[C@H]2COC[C@H]1O2. The van der Waals surface area contributed by atoms with E-state index in [1.807, 2.05) is 0 Å². The zero-order chi connectivity index (χ0) is 6.10. The predicted octanol–water partition coefficient (Wildman–Crippen LogP) is -0.626. The minimum absolute atomic E-state index is 0.317. The maximum atomic E-state index is 5.53. The van der Waals surface area contributed by atoms with Crippen LogP contribution in [0.15, 0.2) is 0 Å². The lowest BCUT2D eigenvalue weighted by atomic mass is 10.2. The fourth-order valence-corrected chi connectivity index (χ4v) is 1.30. The molecule has 0 unspecified atom stereocenters. The summed E-state index contributed by atoms with van der Waals surface area (Å²) in [6, 6.07) is 0. The van der Waals surface area contributed by atoms with Crippen molar-refractivity contribution >= 4 is 0 Å². The molecule has 0 amide bonds.